The number of hydrogen-bond donors (Lipinski definition) is 2. The summed E-state index contributed by atoms with van der Waals surface area (Å²) in [5, 5.41) is 2.51. The van der Waals surface area contributed by atoms with Gasteiger partial charge in [-0.15, -0.1) is 0 Å². The van der Waals surface area contributed by atoms with E-state index in [4.69, 9.17) is 9.47 Å². The first-order valence-corrected chi connectivity index (χ1v) is 4.11. The Kier molecular flexibility index (Phi) is 2.35. The zero-order valence-corrected chi connectivity index (χ0v) is 7.32. The van der Waals surface area contributed by atoms with Crippen LogP contribution in [0, 0.1) is 0 Å². The molecule has 0 radical (unpaired) electrons. The summed E-state index contributed by atoms with van der Waals surface area (Å²) < 4.78 is 10.0. The van der Waals surface area contributed by atoms with Crippen molar-refractivity contribution in [3.05, 3.63) is 24.4 Å². The van der Waals surface area contributed by atoms with Crippen molar-refractivity contribution in [2.75, 3.05) is 18.5 Å². The van der Waals surface area contributed by atoms with Gasteiger partial charge in [0.2, 0.25) is 11.7 Å². The Morgan fingerprint density at radius 3 is 3.14 bits per heavy atom. The van der Waals surface area contributed by atoms with E-state index in [1.165, 1.54) is 6.26 Å². The van der Waals surface area contributed by atoms with Gasteiger partial charge < -0.3 is 14.5 Å². The second-order valence-corrected chi connectivity index (χ2v) is 2.59. The number of amides is 1. The van der Waals surface area contributed by atoms with Crippen molar-refractivity contribution in [2.45, 2.75) is 0 Å². The van der Waals surface area contributed by atoms with Gasteiger partial charge in [-0.05, 0) is 0 Å². The lowest BCUT2D eigenvalue weighted by atomic mass is 10.5. The first kappa shape index (κ1) is 8.61. The Bertz CT molecular complexity index is 345. The molecule has 6 heteroatoms. The predicted molar refractivity (Wildman–Crippen MR) is 47.2 cm³/mol. The van der Waals surface area contributed by atoms with Crippen LogP contribution < -0.4 is 5.32 Å². The van der Waals surface area contributed by atoms with Crippen LogP contribution in [0.1, 0.15) is 0 Å². The van der Waals surface area contributed by atoms with Crippen molar-refractivity contribution < 1.29 is 14.3 Å². The summed E-state index contributed by atoms with van der Waals surface area (Å²) in [6.07, 6.45) is 4.45. The van der Waals surface area contributed by atoms with E-state index in [0.717, 1.165) is 0 Å². The summed E-state index contributed by atoms with van der Waals surface area (Å²) in [5.41, 5.74) is 0. The fourth-order valence-corrected chi connectivity index (χ4v) is 0.990. The molecule has 0 fully saturated rings. The van der Waals surface area contributed by atoms with Crippen LogP contribution in [0.25, 0.3) is 0 Å². The number of H-pyrrole nitrogens is 1. The maximum Gasteiger partial charge on any atom is 0.296 e. The lowest BCUT2D eigenvalue weighted by molar-refractivity contribution is -0.117. The summed E-state index contributed by atoms with van der Waals surface area (Å²) in [5.74, 6) is 0.164. The van der Waals surface area contributed by atoms with Crippen molar-refractivity contribution in [1.29, 1.82) is 0 Å². The number of anilines is 1. The van der Waals surface area contributed by atoms with E-state index in [-0.39, 0.29) is 11.7 Å². The van der Waals surface area contributed by atoms with E-state index in [1.807, 2.05) is 0 Å². The molecule has 0 aromatic carbocycles. The molecule has 14 heavy (non-hydrogen) atoms. The quantitative estimate of drug-likeness (QED) is 0.708. The minimum absolute atomic E-state index is 0.160. The van der Waals surface area contributed by atoms with Gasteiger partial charge in [0, 0.05) is 12.4 Å². The van der Waals surface area contributed by atoms with Crippen LogP contribution in [0.5, 0.6) is 0 Å². The highest BCUT2D eigenvalue weighted by Crippen LogP contribution is 2.06. The number of imidazole rings is 1. The molecule has 1 aliphatic rings. The lowest BCUT2D eigenvalue weighted by Crippen LogP contribution is -2.21. The molecule has 1 aliphatic heterocycles. The highest BCUT2D eigenvalue weighted by atomic mass is 16.6. The van der Waals surface area contributed by atoms with Gasteiger partial charge in [0.1, 0.15) is 19.5 Å². The zero-order valence-electron chi connectivity index (χ0n) is 7.32. The predicted octanol–water partition coefficient (Wildman–Crippen LogP) is 0.236. The second-order valence-electron chi connectivity index (χ2n) is 2.59. The molecule has 2 heterocycles. The van der Waals surface area contributed by atoms with Crippen molar-refractivity contribution in [3.63, 3.8) is 0 Å². The van der Waals surface area contributed by atoms with Gasteiger partial charge in [-0.25, -0.2) is 4.98 Å². The smallest absolute Gasteiger partial charge is 0.296 e. The third kappa shape index (κ3) is 1.85. The first-order chi connectivity index (χ1) is 6.86. The van der Waals surface area contributed by atoms with E-state index in [0.29, 0.717) is 19.2 Å². The van der Waals surface area contributed by atoms with E-state index in [9.17, 15) is 4.79 Å². The SMILES string of the molecule is O=C(Nc1ncc[nH]1)C1=COCCO1. The van der Waals surface area contributed by atoms with Gasteiger partial charge in [-0.2, -0.15) is 0 Å². The number of carbonyl (C=O) groups excluding carboxylic acids is 1. The van der Waals surface area contributed by atoms with Gasteiger partial charge >= 0.3 is 0 Å². The van der Waals surface area contributed by atoms with Gasteiger partial charge in [0.05, 0.1) is 0 Å². The summed E-state index contributed by atoms with van der Waals surface area (Å²) >= 11 is 0. The molecule has 0 saturated heterocycles. The number of ether oxygens (including phenoxy) is 2. The Morgan fingerprint density at radius 1 is 1.57 bits per heavy atom. The summed E-state index contributed by atoms with van der Waals surface area (Å²) in [6, 6.07) is 0. The van der Waals surface area contributed by atoms with Crippen LogP contribution in [0.3, 0.4) is 0 Å². The maximum absolute atomic E-state index is 11.4. The molecule has 6 nitrogen and oxygen atoms in total. The molecule has 1 aromatic heterocycles. The molecule has 74 valence electrons. The van der Waals surface area contributed by atoms with Crippen LogP contribution in [0.15, 0.2) is 24.4 Å². The van der Waals surface area contributed by atoms with E-state index < -0.39 is 0 Å². The molecule has 0 saturated carbocycles. The largest absolute Gasteiger partial charge is 0.494 e. The summed E-state index contributed by atoms with van der Waals surface area (Å²) in [4.78, 5) is 18.0. The Balaban J connectivity index is 1.98. The van der Waals surface area contributed by atoms with Crippen molar-refractivity contribution in [3.8, 4) is 0 Å². The van der Waals surface area contributed by atoms with Gasteiger partial charge in [-0.1, -0.05) is 0 Å². The number of nitrogens with zero attached hydrogens (tertiary/aromatic N) is 1. The van der Waals surface area contributed by atoms with Crippen molar-refractivity contribution in [2.24, 2.45) is 0 Å². The van der Waals surface area contributed by atoms with Crippen LogP contribution in [-0.2, 0) is 14.3 Å². The molecular formula is C8H9N3O3. The molecule has 2 rings (SSSR count). The second kappa shape index (κ2) is 3.82. The Hall–Kier alpha value is -1.98. The Morgan fingerprint density at radius 2 is 2.50 bits per heavy atom. The van der Waals surface area contributed by atoms with Crippen LogP contribution in [0.2, 0.25) is 0 Å². The minimum Gasteiger partial charge on any atom is -0.494 e. The van der Waals surface area contributed by atoms with E-state index >= 15 is 0 Å². The highest BCUT2D eigenvalue weighted by Gasteiger charge is 2.15. The fraction of sp³-hybridized carbons (Fsp3) is 0.250. The number of carbonyl (C=O) groups is 1. The molecule has 0 aliphatic carbocycles. The highest BCUT2D eigenvalue weighted by molar-refractivity contribution is 6.01. The first-order valence-electron chi connectivity index (χ1n) is 4.11. The Labute approximate surface area is 79.9 Å². The molecule has 0 spiro atoms. The standard InChI is InChI=1S/C8H9N3O3/c12-7(6-5-13-3-4-14-6)11-8-9-1-2-10-8/h1-2,5H,3-4H2,(H2,9,10,11,12). The number of rotatable bonds is 2. The van der Waals surface area contributed by atoms with Crippen molar-refractivity contribution >= 4 is 11.9 Å². The average Bonchev–Trinajstić information content (AvgIpc) is 2.72. The maximum atomic E-state index is 11.4. The normalized spacial score (nSPS) is 15.0. The summed E-state index contributed by atoms with van der Waals surface area (Å²) in [6.45, 7) is 0.856. The average molecular weight is 195 g/mol. The molecule has 0 atom stereocenters. The molecule has 1 amide bonds. The zero-order chi connectivity index (χ0) is 9.80. The number of hydrogen-bond acceptors (Lipinski definition) is 4. The molecule has 0 bridgehead atoms. The van der Waals surface area contributed by atoms with Crippen LogP contribution >= 0.6 is 0 Å². The monoisotopic (exact) mass is 195 g/mol. The molecule has 2 N–H and O–H groups in total. The van der Waals surface area contributed by atoms with E-state index in [1.54, 1.807) is 12.4 Å². The van der Waals surface area contributed by atoms with Crippen LogP contribution in [0.4, 0.5) is 5.95 Å². The number of nitrogens with one attached hydrogen (secondary N) is 2. The molecule has 0 unspecified atom stereocenters. The van der Waals surface area contributed by atoms with Gasteiger partial charge in [0.25, 0.3) is 5.91 Å². The van der Waals surface area contributed by atoms with Gasteiger partial charge in [-0.3, -0.25) is 10.1 Å². The van der Waals surface area contributed by atoms with Gasteiger partial charge in [0.15, 0.2) is 0 Å². The molecule has 1 aromatic rings. The molecular weight excluding hydrogens is 186 g/mol. The number of aromatic amines is 1. The van der Waals surface area contributed by atoms with Crippen molar-refractivity contribution in [1.82, 2.24) is 9.97 Å². The van der Waals surface area contributed by atoms with Crippen LogP contribution in [-0.4, -0.2) is 29.1 Å². The number of aromatic nitrogens is 2. The minimum atomic E-state index is -0.375. The third-order valence-electron chi connectivity index (χ3n) is 1.60. The van der Waals surface area contributed by atoms with E-state index in [2.05, 4.69) is 15.3 Å². The lowest BCUT2D eigenvalue weighted by Gasteiger charge is -2.14. The fourth-order valence-electron chi connectivity index (χ4n) is 0.990. The third-order valence-corrected chi connectivity index (χ3v) is 1.60. The topological polar surface area (TPSA) is 76.2 Å². The summed E-state index contributed by atoms with van der Waals surface area (Å²) in [7, 11) is 0.